The number of allylic oxidation sites excluding steroid dienone is 2. The largest absolute Gasteiger partial charge is 0.491 e. The van der Waals surface area contributed by atoms with Gasteiger partial charge in [-0.3, -0.25) is 9.98 Å². The smallest absolute Gasteiger partial charge is 0.147 e. The minimum absolute atomic E-state index is 0.191. The minimum atomic E-state index is -0.192. The molecule has 1 heterocycles. The van der Waals surface area contributed by atoms with Crippen LogP contribution in [0, 0.1) is 0 Å². The van der Waals surface area contributed by atoms with Crippen molar-refractivity contribution in [2.24, 2.45) is 9.98 Å². The molecule has 0 aromatic heterocycles. The molecule has 1 aliphatic heterocycles. The van der Waals surface area contributed by atoms with Gasteiger partial charge in [0.25, 0.3) is 0 Å². The molecule has 0 unspecified atom stereocenters. The summed E-state index contributed by atoms with van der Waals surface area (Å²) in [6, 6.07) is 35.8. The summed E-state index contributed by atoms with van der Waals surface area (Å²) in [5.74, 6) is 3.34. The summed E-state index contributed by atoms with van der Waals surface area (Å²) < 4.78 is 28.4. The van der Waals surface area contributed by atoms with Crippen LogP contribution in [0.5, 0.6) is 23.0 Å². The number of ether oxygens (including phenoxy) is 4. The van der Waals surface area contributed by atoms with Gasteiger partial charge in [0, 0.05) is 52.0 Å². The maximum atomic E-state index is 7.15. The van der Waals surface area contributed by atoms with Gasteiger partial charge < -0.3 is 28.7 Å². The molecule has 8 bridgehead atoms. The second-order valence-electron chi connectivity index (χ2n) is 25.8. The molecule has 6 aromatic carbocycles. The van der Waals surface area contributed by atoms with Crippen molar-refractivity contribution in [3.63, 3.8) is 0 Å². The number of benzene rings is 6. The summed E-state index contributed by atoms with van der Waals surface area (Å²) in [4.78, 5) is 22.1. The quantitative estimate of drug-likeness (QED) is 0.0545. The van der Waals surface area contributed by atoms with E-state index in [9.17, 15) is 0 Å². The number of fused-ring (bicyclic) bond motifs is 8. The molecule has 0 amide bonds. The Labute approximate surface area is 522 Å². The highest BCUT2D eigenvalue weighted by Crippen LogP contribution is 2.56. The normalized spacial score (nSPS) is 13.4. The van der Waals surface area contributed by atoms with E-state index in [2.05, 4.69) is 244 Å². The van der Waals surface area contributed by atoms with Crippen LogP contribution in [0.25, 0.3) is 12.2 Å². The second kappa shape index (κ2) is 29.2. The summed E-state index contributed by atoms with van der Waals surface area (Å²) >= 11 is 6.92. The average molecular weight is 1210 g/mol. The lowest BCUT2D eigenvalue weighted by Crippen LogP contribution is -2.14. The van der Waals surface area contributed by atoms with Crippen molar-refractivity contribution in [2.75, 3.05) is 77.5 Å². The molecule has 6 aromatic rings. The van der Waals surface area contributed by atoms with Gasteiger partial charge in [-0.05, 0) is 153 Å². The van der Waals surface area contributed by atoms with E-state index in [1.165, 1.54) is 33.6 Å². The van der Waals surface area contributed by atoms with Gasteiger partial charge in [-0.25, -0.2) is 0 Å². The highest BCUT2D eigenvalue weighted by Gasteiger charge is 2.31. The van der Waals surface area contributed by atoms with Gasteiger partial charge in [-0.15, -0.1) is 0 Å². The molecular formula is C72H92N4O4S4. The molecule has 12 heteroatoms. The Kier molecular flexibility index (Phi) is 22.9. The third kappa shape index (κ3) is 18.2. The first-order valence-electron chi connectivity index (χ1n) is 29.6. The molecule has 0 saturated carbocycles. The number of aliphatic imine (C=N–C) groups is 2. The number of hydrogen-bond acceptors (Lipinski definition) is 12. The Morgan fingerprint density at radius 2 is 0.607 bits per heavy atom. The van der Waals surface area contributed by atoms with Crippen LogP contribution in [0.15, 0.2) is 158 Å². The second-order valence-corrected chi connectivity index (χ2v) is 30.1. The zero-order chi connectivity index (χ0) is 61.0. The number of anilines is 2. The first kappa shape index (κ1) is 65.9. The molecule has 0 fully saturated rings. The minimum Gasteiger partial charge on any atom is -0.491 e. The summed E-state index contributed by atoms with van der Waals surface area (Å²) in [6.45, 7) is 34.7. The number of hydrogen-bond donors (Lipinski definition) is 0. The Balaban J connectivity index is 1.43. The third-order valence-corrected chi connectivity index (χ3v) is 18.2. The molecule has 0 radical (unpaired) electrons. The van der Waals surface area contributed by atoms with Gasteiger partial charge in [0.15, 0.2) is 0 Å². The first-order chi connectivity index (χ1) is 39.7. The maximum absolute atomic E-state index is 7.15. The van der Waals surface area contributed by atoms with Crippen LogP contribution < -0.4 is 28.7 Å². The molecule has 0 N–H and O–H groups in total. The fourth-order valence-corrected chi connectivity index (χ4v) is 13.6. The Morgan fingerprint density at radius 1 is 0.369 bits per heavy atom. The Morgan fingerprint density at radius 3 is 0.821 bits per heavy atom. The van der Waals surface area contributed by atoms with Crippen molar-refractivity contribution in [2.45, 2.75) is 171 Å². The molecule has 0 saturated heterocycles. The van der Waals surface area contributed by atoms with Gasteiger partial charge in [0.2, 0.25) is 0 Å². The lowest BCUT2D eigenvalue weighted by atomic mass is 9.87. The monoisotopic (exact) mass is 1200 g/mol. The van der Waals surface area contributed by atoms with Gasteiger partial charge in [0.1, 0.15) is 36.2 Å². The van der Waals surface area contributed by atoms with Crippen LogP contribution in [-0.4, -0.2) is 80.1 Å². The molecule has 8 nitrogen and oxygen atoms in total. The first-order valence-corrected chi connectivity index (χ1v) is 32.8. The van der Waals surface area contributed by atoms with E-state index in [-0.39, 0.29) is 21.7 Å². The lowest BCUT2D eigenvalue weighted by Gasteiger charge is -2.28. The Bertz CT molecular complexity index is 2980. The molecule has 1 aliphatic rings. The van der Waals surface area contributed by atoms with E-state index in [4.69, 9.17) is 28.9 Å². The van der Waals surface area contributed by atoms with Crippen LogP contribution >= 0.6 is 47.0 Å². The summed E-state index contributed by atoms with van der Waals surface area (Å²) in [6.07, 6.45) is 13.6. The van der Waals surface area contributed by atoms with Crippen molar-refractivity contribution in [1.29, 1.82) is 0 Å². The Hall–Kier alpha value is -5.66. The highest BCUT2D eigenvalue weighted by molar-refractivity contribution is 8.01. The summed E-state index contributed by atoms with van der Waals surface area (Å²) in [7, 11) is 8.22. The van der Waals surface area contributed by atoms with E-state index >= 15 is 0 Å². The molecule has 0 atom stereocenters. The van der Waals surface area contributed by atoms with E-state index < -0.39 is 0 Å². The van der Waals surface area contributed by atoms with E-state index in [1.807, 2.05) is 24.6 Å². The fraction of sp³-hybridized carbons (Fsp3) is 0.417. The van der Waals surface area contributed by atoms with Crippen LogP contribution in [0.2, 0.25) is 0 Å². The molecule has 84 heavy (non-hydrogen) atoms. The van der Waals surface area contributed by atoms with Crippen molar-refractivity contribution in [1.82, 2.24) is 0 Å². The number of nitrogens with zero attached hydrogens (tertiary/aromatic N) is 4. The van der Waals surface area contributed by atoms with Crippen molar-refractivity contribution in [3.8, 4) is 23.0 Å². The van der Waals surface area contributed by atoms with Crippen LogP contribution in [0.1, 0.15) is 143 Å². The standard InChI is InChI=1S/C72H92N4O4S4/c1-19-37-77-65-57-41-51(69(3,4)5)42-58(65)82-62-46-54(72(12,13)14)48-64(68(62)80-40-36-74-34-22-24-50-27-31-56(32-28-50)76(17)18)84-60-44-52(70(6,7)8)43-59(66(60)78-38-20-2)83-63-47-53(71(9,10)11)45-61(81-57)67(63)79-39-35-73-33-21-23-49-25-29-55(30-26-49)75(15)16/h21-34,41-48H,19-20,35-40H2,1-18H3/b23-21+,24-22+,73-33?,74-34?. The van der Waals surface area contributed by atoms with Gasteiger partial charge in [-0.1, -0.05) is 180 Å². The van der Waals surface area contributed by atoms with Crippen LogP contribution in [-0.2, 0) is 21.7 Å². The molecule has 0 aliphatic carbocycles. The molecule has 448 valence electrons. The predicted molar refractivity (Wildman–Crippen MR) is 366 cm³/mol. The average Bonchev–Trinajstić information content (AvgIpc) is 2.98. The van der Waals surface area contributed by atoms with Crippen LogP contribution in [0.3, 0.4) is 0 Å². The molecule has 0 spiro atoms. The summed E-state index contributed by atoms with van der Waals surface area (Å²) in [5, 5.41) is 0. The molecular weight excluding hydrogens is 1110 g/mol. The van der Waals surface area contributed by atoms with E-state index in [0.717, 1.165) is 86.1 Å². The third-order valence-electron chi connectivity index (χ3n) is 14.0. The van der Waals surface area contributed by atoms with Crippen molar-refractivity contribution in [3.05, 3.63) is 143 Å². The zero-order valence-electron chi connectivity index (χ0n) is 53.4. The van der Waals surface area contributed by atoms with Gasteiger partial charge in [-0.2, -0.15) is 0 Å². The topological polar surface area (TPSA) is 68.1 Å². The van der Waals surface area contributed by atoms with E-state index in [1.54, 1.807) is 47.0 Å². The van der Waals surface area contributed by atoms with Gasteiger partial charge in [0.05, 0.1) is 65.5 Å². The summed E-state index contributed by atoms with van der Waals surface area (Å²) in [5.41, 5.74) is 8.64. The maximum Gasteiger partial charge on any atom is 0.147 e. The zero-order valence-corrected chi connectivity index (χ0v) is 56.7. The van der Waals surface area contributed by atoms with Crippen molar-refractivity contribution < 1.29 is 18.9 Å². The number of rotatable bonds is 20. The highest BCUT2D eigenvalue weighted by atomic mass is 32.2. The van der Waals surface area contributed by atoms with Gasteiger partial charge >= 0.3 is 0 Å². The SMILES string of the molecule is CCCOc1c2cc(C(C)(C)C)cc1Sc1cc(C(C)(C)C)cc(c1OCCN=C/C=C/c1ccc(N(C)C)cc1)Sc1cc(C(C)(C)C)cc(c1OCCC)Sc1cc(C(C)(C)C)cc(c1OCCN=C/C=C/c1ccc(N(C)C)cc1)S2. The van der Waals surface area contributed by atoms with Crippen LogP contribution in [0.4, 0.5) is 11.4 Å². The van der Waals surface area contributed by atoms with E-state index in [0.29, 0.717) is 39.5 Å². The fourth-order valence-electron chi connectivity index (χ4n) is 8.84. The lowest BCUT2D eigenvalue weighted by molar-refractivity contribution is 0.301. The molecule has 7 rings (SSSR count). The predicted octanol–water partition coefficient (Wildman–Crippen LogP) is 19.8. The van der Waals surface area contributed by atoms with Crippen molar-refractivity contribution >= 4 is 83.0 Å².